The molecule has 0 radical (unpaired) electrons. The topological polar surface area (TPSA) is 89.9 Å². The van der Waals surface area contributed by atoms with Gasteiger partial charge < -0.3 is 10.6 Å². The van der Waals surface area contributed by atoms with Gasteiger partial charge in [0.1, 0.15) is 0 Å². The van der Waals surface area contributed by atoms with Gasteiger partial charge in [0.2, 0.25) is 11.7 Å². The van der Waals surface area contributed by atoms with Crippen LogP contribution in [0.25, 0.3) is 11.4 Å². The number of carbonyl (C=O) groups excluding carboxylic acids is 1. The van der Waals surface area contributed by atoms with E-state index in [0.29, 0.717) is 18.9 Å². The molecule has 134 valence electrons. The summed E-state index contributed by atoms with van der Waals surface area (Å²) in [7, 11) is 0. The van der Waals surface area contributed by atoms with E-state index in [1.54, 1.807) is 0 Å². The molecule has 2 aromatic rings. The third-order valence-corrected chi connectivity index (χ3v) is 4.96. The van der Waals surface area contributed by atoms with Gasteiger partial charge in [-0.3, -0.25) is 4.79 Å². The van der Waals surface area contributed by atoms with Crippen molar-refractivity contribution in [3.05, 3.63) is 30.3 Å². The van der Waals surface area contributed by atoms with Gasteiger partial charge in [-0.05, 0) is 29.5 Å². The largest absolute Gasteiger partial charge is 0.340 e. The molecule has 0 saturated carbocycles. The summed E-state index contributed by atoms with van der Waals surface area (Å²) in [5.41, 5.74) is 6.76. The summed E-state index contributed by atoms with van der Waals surface area (Å²) in [6.45, 7) is 8.15. The minimum atomic E-state index is -0.454. The van der Waals surface area contributed by atoms with Gasteiger partial charge in [-0.15, -0.1) is 10.2 Å². The molecule has 0 bridgehead atoms. The summed E-state index contributed by atoms with van der Waals surface area (Å²) >= 11 is 0. The predicted octanol–water partition coefficient (Wildman–Crippen LogP) is 1.73. The molecule has 2 unspecified atom stereocenters. The lowest BCUT2D eigenvalue weighted by Crippen LogP contribution is -2.41. The van der Waals surface area contributed by atoms with Crippen LogP contribution in [0, 0.1) is 11.3 Å². The van der Waals surface area contributed by atoms with E-state index in [9.17, 15) is 4.79 Å². The summed E-state index contributed by atoms with van der Waals surface area (Å²) in [5.74, 6) is 0.645. The van der Waals surface area contributed by atoms with Crippen LogP contribution in [-0.4, -0.2) is 50.6 Å². The van der Waals surface area contributed by atoms with Gasteiger partial charge in [0.15, 0.2) is 6.04 Å². The zero-order chi connectivity index (χ0) is 18.0. The van der Waals surface area contributed by atoms with Crippen LogP contribution >= 0.6 is 0 Å². The van der Waals surface area contributed by atoms with Crippen LogP contribution in [0.3, 0.4) is 0 Å². The minimum Gasteiger partial charge on any atom is -0.340 e. The molecule has 3 rings (SSSR count). The first-order valence-electron chi connectivity index (χ1n) is 8.77. The van der Waals surface area contributed by atoms with Gasteiger partial charge in [-0.2, -0.15) is 4.80 Å². The second kappa shape index (κ2) is 6.92. The smallest absolute Gasteiger partial charge is 0.249 e. The van der Waals surface area contributed by atoms with Gasteiger partial charge in [0.25, 0.3) is 0 Å². The quantitative estimate of drug-likeness (QED) is 0.894. The molecule has 2 atom stereocenters. The number of likely N-dealkylation sites (tertiary alicyclic amines) is 1. The molecule has 1 aliphatic heterocycles. The van der Waals surface area contributed by atoms with Crippen LogP contribution in [0.5, 0.6) is 0 Å². The van der Waals surface area contributed by atoms with Gasteiger partial charge in [-0.1, -0.05) is 51.1 Å². The van der Waals surface area contributed by atoms with E-state index >= 15 is 0 Å². The number of nitrogens with zero attached hydrogens (tertiary/aromatic N) is 5. The van der Waals surface area contributed by atoms with Crippen LogP contribution in [0.1, 0.15) is 33.2 Å². The van der Waals surface area contributed by atoms with Crippen LogP contribution in [-0.2, 0) is 4.79 Å². The second-order valence-electron chi connectivity index (χ2n) is 7.51. The lowest BCUT2D eigenvalue weighted by molar-refractivity contribution is -0.136. The van der Waals surface area contributed by atoms with E-state index in [1.807, 2.05) is 49.1 Å². The van der Waals surface area contributed by atoms with Gasteiger partial charge in [-0.25, -0.2) is 0 Å². The normalized spacial score (nSPS) is 21.7. The molecule has 2 heterocycles. The predicted molar refractivity (Wildman–Crippen MR) is 95.5 cm³/mol. The van der Waals surface area contributed by atoms with Crippen molar-refractivity contribution < 1.29 is 4.79 Å². The number of hydrogen-bond donors (Lipinski definition) is 1. The van der Waals surface area contributed by atoms with E-state index in [-0.39, 0.29) is 17.2 Å². The van der Waals surface area contributed by atoms with Crippen molar-refractivity contribution in [1.82, 2.24) is 25.1 Å². The van der Waals surface area contributed by atoms with E-state index in [0.717, 1.165) is 18.5 Å². The maximum atomic E-state index is 13.1. The number of benzene rings is 1. The molecule has 1 aromatic carbocycles. The highest BCUT2D eigenvalue weighted by atomic mass is 16.2. The SMILES string of the molecule is CC(C)C(C(=O)N1CCC(C)(CN)C1)n1nnc(-c2ccccc2)n1. The molecule has 7 heteroatoms. The minimum absolute atomic E-state index is 0.00217. The number of hydrogen-bond acceptors (Lipinski definition) is 5. The zero-order valence-corrected chi connectivity index (χ0v) is 15.1. The van der Waals surface area contributed by atoms with E-state index in [4.69, 9.17) is 5.73 Å². The Balaban J connectivity index is 1.83. The fourth-order valence-electron chi connectivity index (χ4n) is 3.26. The van der Waals surface area contributed by atoms with Crippen molar-refractivity contribution >= 4 is 5.91 Å². The fourth-order valence-corrected chi connectivity index (χ4v) is 3.26. The molecular weight excluding hydrogens is 316 g/mol. The van der Waals surface area contributed by atoms with Gasteiger partial charge in [0.05, 0.1) is 0 Å². The summed E-state index contributed by atoms with van der Waals surface area (Å²) in [4.78, 5) is 16.5. The number of nitrogens with two attached hydrogens (primary N) is 1. The van der Waals surface area contributed by atoms with Crippen molar-refractivity contribution in [2.24, 2.45) is 17.1 Å². The second-order valence-corrected chi connectivity index (χ2v) is 7.51. The van der Waals surface area contributed by atoms with Crippen molar-refractivity contribution in [2.45, 2.75) is 33.2 Å². The molecular formula is C18H26N6O. The molecule has 1 fully saturated rings. The Kier molecular flexibility index (Phi) is 4.85. The Morgan fingerprint density at radius 3 is 2.64 bits per heavy atom. The Hall–Kier alpha value is -2.28. The third-order valence-electron chi connectivity index (χ3n) is 4.96. The number of rotatable bonds is 5. The van der Waals surface area contributed by atoms with Crippen LogP contribution in [0.15, 0.2) is 30.3 Å². The van der Waals surface area contributed by atoms with Crippen LogP contribution in [0.4, 0.5) is 0 Å². The molecule has 1 amide bonds. The molecule has 1 saturated heterocycles. The van der Waals surface area contributed by atoms with E-state index in [2.05, 4.69) is 22.3 Å². The fraction of sp³-hybridized carbons (Fsp3) is 0.556. The zero-order valence-electron chi connectivity index (χ0n) is 15.1. The summed E-state index contributed by atoms with van der Waals surface area (Å²) in [6, 6.07) is 9.21. The standard InChI is InChI=1S/C18H26N6O/c1-13(2)15(17(25)23-10-9-18(3,11-19)12-23)24-21-16(20-22-24)14-7-5-4-6-8-14/h4-8,13,15H,9-12,19H2,1-3H3. The van der Waals surface area contributed by atoms with Gasteiger partial charge >= 0.3 is 0 Å². The lowest BCUT2D eigenvalue weighted by Gasteiger charge is -2.27. The van der Waals surface area contributed by atoms with Crippen molar-refractivity contribution in [2.75, 3.05) is 19.6 Å². The molecule has 0 aliphatic carbocycles. The highest BCUT2D eigenvalue weighted by Crippen LogP contribution is 2.31. The average Bonchev–Trinajstić information content (AvgIpc) is 3.23. The Morgan fingerprint density at radius 2 is 2.04 bits per heavy atom. The first-order valence-corrected chi connectivity index (χ1v) is 8.77. The van der Waals surface area contributed by atoms with E-state index in [1.165, 1.54) is 4.80 Å². The molecule has 0 spiro atoms. The third kappa shape index (κ3) is 3.56. The molecule has 1 aliphatic rings. The summed E-state index contributed by atoms with van der Waals surface area (Å²) < 4.78 is 0. The van der Waals surface area contributed by atoms with Crippen LogP contribution in [0.2, 0.25) is 0 Å². The van der Waals surface area contributed by atoms with Crippen molar-refractivity contribution in [3.8, 4) is 11.4 Å². The maximum Gasteiger partial charge on any atom is 0.249 e. The Labute approximate surface area is 148 Å². The maximum absolute atomic E-state index is 13.1. The van der Waals surface area contributed by atoms with E-state index < -0.39 is 6.04 Å². The van der Waals surface area contributed by atoms with Crippen molar-refractivity contribution in [3.63, 3.8) is 0 Å². The highest BCUT2D eigenvalue weighted by Gasteiger charge is 2.39. The summed E-state index contributed by atoms with van der Waals surface area (Å²) in [5, 5.41) is 12.8. The number of carbonyl (C=O) groups is 1. The molecule has 7 nitrogen and oxygen atoms in total. The van der Waals surface area contributed by atoms with Crippen molar-refractivity contribution in [1.29, 1.82) is 0 Å². The first-order chi connectivity index (χ1) is 11.9. The number of aromatic nitrogens is 4. The highest BCUT2D eigenvalue weighted by molar-refractivity contribution is 5.81. The first kappa shape index (κ1) is 17.5. The molecule has 1 aromatic heterocycles. The van der Waals surface area contributed by atoms with Gasteiger partial charge in [0, 0.05) is 18.7 Å². The number of amides is 1. The van der Waals surface area contributed by atoms with Crippen LogP contribution < -0.4 is 5.73 Å². The lowest BCUT2D eigenvalue weighted by atomic mass is 9.90. The molecule has 2 N–H and O–H groups in total. The number of tetrazole rings is 1. The average molecular weight is 342 g/mol. The Bertz CT molecular complexity index is 728. The Morgan fingerprint density at radius 1 is 1.32 bits per heavy atom. The summed E-state index contributed by atoms with van der Waals surface area (Å²) in [6.07, 6.45) is 0.931. The molecule has 25 heavy (non-hydrogen) atoms. The monoisotopic (exact) mass is 342 g/mol.